The smallest absolute Gasteiger partial charge is 0.317 e. The van der Waals surface area contributed by atoms with Crippen LogP contribution in [-0.2, 0) is 10.0 Å². The van der Waals surface area contributed by atoms with Gasteiger partial charge in [-0.05, 0) is 25.0 Å². The van der Waals surface area contributed by atoms with Gasteiger partial charge in [0.2, 0.25) is 10.0 Å². The average molecular weight is 438 g/mol. The van der Waals surface area contributed by atoms with Gasteiger partial charge in [0, 0.05) is 32.2 Å². The maximum Gasteiger partial charge on any atom is 0.317 e. The molecule has 1 aromatic heterocycles. The van der Waals surface area contributed by atoms with Crippen LogP contribution < -0.4 is 5.32 Å². The lowest BCUT2D eigenvalue weighted by Crippen LogP contribution is -2.54. The van der Waals surface area contributed by atoms with Gasteiger partial charge in [-0.1, -0.05) is 38.2 Å². The monoisotopic (exact) mass is 437 g/mol. The molecule has 2 aromatic rings. The van der Waals surface area contributed by atoms with Crippen molar-refractivity contribution in [1.82, 2.24) is 23.3 Å². The van der Waals surface area contributed by atoms with Crippen LogP contribution in [-0.4, -0.2) is 64.6 Å². The van der Waals surface area contributed by atoms with Crippen molar-refractivity contribution in [2.45, 2.75) is 55.9 Å². The molecule has 0 bridgehead atoms. The Morgan fingerprint density at radius 3 is 2.41 bits per heavy atom. The molecule has 1 saturated carbocycles. The molecular weight excluding hydrogens is 410 g/mol. The van der Waals surface area contributed by atoms with E-state index in [0.717, 1.165) is 37.4 Å². The van der Waals surface area contributed by atoms with E-state index in [1.165, 1.54) is 23.6 Å². The van der Waals surface area contributed by atoms with Gasteiger partial charge in [0.05, 0.1) is 11.7 Å². The fourth-order valence-corrected chi connectivity index (χ4v) is 6.30. The van der Waals surface area contributed by atoms with Crippen molar-refractivity contribution in [3.05, 3.63) is 18.2 Å². The van der Waals surface area contributed by atoms with Crippen LogP contribution in [0.25, 0.3) is 11.0 Å². The highest BCUT2D eigenvalue weighted by molar-refractivity contribution is 7.89. The minimum atomic E-state index is -3.66. The number of nitrogens with zero attached hydrogens (tertiary/aromatic N) is 4. The third-order valence-electron chi connectivity index (χ3n) is 5.83. The second kappa shape index (κ2) is 8.93. The Morgan fingerprint density at radius 2 is 1.69 bits per heavy atom. The molecule has 8 nitrogen and oxygen atoms in total. The molecule has 158 valence electrons. The zero-order valence-electron chi connectivity index (χ0n) is 16.4. The Balaban J connectivity index is 1.37. The fourth-order valence-electron chi connectivity index (χ4n) is 4.13. The lowest BCUT2D eigenvalue weighted by atomic mass is 9.97. The number of piperazine rings is 1. The lowest BCUT2D eigenvalue weighted by molar-refractivity contribution is 0.167. The number of rotatable bonds is 3. The summed E-state index contributed by atoms with van der Waals surface area (Å²) < 4.78 is 35.9. The van der Waals surface area contributed by atoms with Crippen molar-refractivity contribution < 1.29 is 13.2 Å². The quantitative estimate of drug-likeness (QED) is 0.797. The summed E-state index contributed by atoms with van der Waals surface area (Å²) >= 11 is 1.01. The number of benzene rings is 1. The van der Waals surface area contributed by atoms with Gasteiger partial charge >= 0.3 is 6.03 Å². The minimum absolute atomic E-state index is 0.0709. The van der Waals surface area contributed by atoms with Gasteiger partial charge in [0.1, 0.15) is 15.9 Å². The summed E-state index contributed by atoms with van der Waals surface area (Å²) in [6, 6.07) is 5.19. The van der Waals surface area contributed by atoms with E-state index in [2.05, 4.69) is 14.1 Å². The number of carbonyl (C=O) groups excluding carboxylic acids is 1. The third kappa shape index (κ3) is 4.54. The summed E-state index contributed by atoms with van der Waals surface area (Å²) in [4.78, 5) is 14.6. The molecule has 2 heterocycles. The predicted molar refractivity (Wildman–Crippen MR) is 112 cm³/mol. The first-order chi connectivity index (χ1) is 14.1. The first-order valence-electron chi connectivity index (χ1n) is 10.3. The van der Waals surface area contributed by atoms with Crippen molar-refractivity contribution in [2.75, 3.05) is 26.2 Å². The number of amides is 2. The third-order valence-corrected chi connectivity index (χ3v) is 8.30. The summed E-state index contributed by atoms with van der Waals surface area (Å²) in [7, 11) is -3.66. The first-order valence-corrected chi connectivity index (χ1v) is 12.5. The van der Waals surface area contributed by atoms with Crippen LogP contribution in [0, 0.1) is 0 Å². The van der Waals surface area contributed by atoms with E-state index in [4.69, 9.17) is 0 Å². The van der Waals surface area contributed by atoms with Crippen molar-refractivity contribution >= 4 is 38.8 Å². The molecule has 1 aliphatic heterocycles. The maximum atomic E-state index is 13.1. The molecule has 1 N–H and O–H groups in total. The second-order valence-corrected chi connectivity index (χ2v) is 10.2. The van der Waals surface area contributed by atoms with Gasteiger partial charge in [-0.15, -0.1) is 0 Å². The molecule has 0 unspecified atom stereocenters. The standard InChI is InChI=1S/C19H27N5O3S2/c25-19(20-15-7-4-2-1-3-5-8-15)23-11-13-24(14-12-23)29(26,27)17-10-6-9-16-18(17)22-28-21-16/h6,9-10,15H,1-5,7-8,11-14H2,(H,20,25). The van der Waals surface area contributed by atoms with E-state index in [0.29, 0.717) is 24.1 Å². The van der Waals surface area contributed by atoms with Crippen LogP contribution in [0.2, 0.25) is 0 Å². The van der Waals surface area contributed by atoms with Gasteiger partial charge in [-0.3, -0.25) is 0 Å². The van der Waals surface area contributed by atoms with Crippen molar-refractivity contribution in [1.29, 1.82) is 0 Å². The second-order valence-electron chi connectivity index (χ2n) is 7.77. The molecule has 2 fully saturated rings. The van der Waals surface area contributed by atoms with Crippen molar-refractivity contribution in [2.24, 2.45) is 0 Å². The zero-order chi connectivity index (χ0) is 20.3. The largest absolute Gasteiger partial charge is 0.335 e. The van der Waals surface area contributed by atoms with Gasteiger partial charge in [-0.25, -0.2) is 13.2 Å². The fraction of sp³-hybridized carbons (Fsp3) is 0.632. The van der Waals surface area contributed by atoms with Crippen molar-refractivity contribution in [3.63, 3.8) is 0 Å². The van der Waals surface area contributed by atoms with Crippen LogP contribution in [0.4, 0.5) is 4.79 Å². The number of hydrogen-bond donors (Lipinski definition) is 1. The van der Waals surface area contributed by atoms with E-state index < -0.39 is 10.0 Å². The number of sulfonamides is 1. The van der Waals surface area contributed by atoms with Crippen LogP contribution >= 0.6 is 11.7 Å². The molecule has 2 aliphatic rings. The van der Waals surface area contributed by atoms with Crippen LogP contribution in [0.5, 0.6) is 0 Å². The van der Waals surface area contributed by atoms with Crippen LogP contribution in [0.15, 0.2) is 23.1 Å². The molecule has 0 radical (unpaired) electrons. The lowest BCUT2D eigenvalue weighted by Gasteiger charge is -2.35. The van der Waals surface area contributed by atoms with Crippen LogP contribution in [0.1, 0.15) is 44.9 Å². The summed E-state index contributed by atoms with van der Waals surface area (Å²) in [6.45, 7) is 1.36. The van der Waals surface area contributed by atoms with Crippen LogP contribution in [0.3, 0.4) is 0 Å². The van der Waals surface area contributed by atoms with Crippen molar-refractivity contribution in [3.8, 4) is 0 Å². The summed E-state index contributed by atoms with van der Waals surface area (Å²) in [6.07, 6.45) is 8.16. The van der Waals surface area contributed by atoms with E-state index in [9.17, 15) is 13.2 Å². The van der Waals surface area contributed by atoms with E-state index >= 15 is 0 Å². The van der Waals surface area contributed by atoms with Gasteiger partial charge in [0.25, 0.3) is 0 Å². The number of carbonyl (C=O) groups is 1. The zero-order valence-corrected chi connectivity index (χ0v) is 18.1. The normalized spacial score (nSPS) is 20.3. The van der Waals surface area contributed by atoms with Gasteiger partial charge < -0.3 is 10.2 Å². The molecule has 1 saturated heterocycles. The summed E-state index contributed by atoms with van der Waals surface area (Å²) in [5.41, 5.74) is 1.01. The molecule has 10 heteroatoms. The van der Waals surface area contributed by atoms with Gasteiger partial charge in [-0.2, -0.15) is 13.1 Å². The Kier molecular flexibility index (Phi) is 6.31. The first kappa shape index (κ1) is 20.5. The average Bonchev–Trinajstić information content (AvgIpc) is 3.18. The maximum absolute atomic E-state index is 13.1. The predicted octanol–water partition coefficient (Wildman–Crippen LogP) is 2.82. The topological polar surface area (TPSA) is 95.5 Å². The SMILES string of the molecule is O=C(NC1CCCCCCC1)N1CCN(S(=O)(=O)c2cccc3nsnc23)CC1. The molecule has 0 atom stereocenters. The highest BCUT2D eigenvalue weighted by Gasteiger charge is 2.32. The number of fused-ring (bicyclic) bond motifs is 1. The number of hydrogen-bond acceptors (Lipinski definition) is 6. The Morgan fingerprint density at radius 1 is 1.00 bits per heavy atom. The highest BCUT2D eigenvalue weighted by atomic mass is 32.2. The molecule has 1 aromatic carbocycles. The summed E-state index contributed by atoms with van der Waals surface area (Å²) in [5, 5.41) is 3.16. The Bertz CT molecular complexity index is 946. The molecule has 1 aliphatic carbocycles. The molecule has 29 heavy (non-hydrogen) atoms. The van der Waals surface area contributed by atoms with E-state index in [1.807, 2.05) is 0 Å². The van der Waals surface area contributed by atoms with E-state index in [1.54, 1.807) is 23.1 Å². The highest BCUT2D eigenvalue weighted by Crippen LogP contribution is 2.25. The minimum Gasteiger partial charge on any atom is -0.335 e. The molecule has 2 amide bonds. The molecular formula is C19H27N5O3S2. The van der Waals surface area contributed by atoms with E-state index in [-0.39, 0.29) is 30.1 Å². The Hall–Kier alpha value is -1.78. The number of urea groups is 1. The molecule has 4 rings (SSSR count). The summed E-state index contributed by atoms with van der Waals surface area (Å²) in [5.74, 6) is 0. The number of nitrogens with one attached hydrogen (secondary N) is 1. The van der Waals surface area contributed by atoms with Gasteiger partial charge in [0.15, 0.2) is 0 Å². The number of aromatic nitrogens is 2. The Labute approximate surface area is 175 Å². The molecule has 0 spiro atoms.